The molecule has 0 aromatic rings. The first-order valence-corrected chi connectivity index (χ1v) is 44.6. The molecule has 0 unspecified atom stereocenters. The molecule has 1 saturated carbocycles. The van der Waals surface area contributed by atoms with E-state index >= 15 is 4.79 Å². The molecule has 0 aromatic heterocycles. The summed E-state index contributed by atoms with van der Waals surface area (Å²) in [6.07, 6.45) is 15.8. The van der Waals surface area contributed by atoms with Gasteiger partial charge in [-0.2, -0.15) is 0 Å². The summed E-state index contributed by atoms with van der Waals surface area (Å²) in [6, 6.07) is 4.62. The maximum atomic E-state index is 15.0. The minimum Gasteiger partial charge on any atom is -0.481 e. The molecule has 2 rings (SSSR count). The number of piperidine rings is 1. The molecule has 0 aromatic carbocycles. The molecule has 96 heavy (non-hydrogen) atoms. The van der Waals surface area contributed by atoms with Crippen LogP contribution < -0.4 is 0 Å². The molecule has 0 bridgehead atoms. The Labute approximate surface area is 586 Å². The number of rotatable bonds is 43. The van der Waals surface area contributed by atoms with E-state index in [0.717, 1.165) is 79.5 Å². The van der Waals surface area contributed by atoms with E-state index in [9.17, 15) is 24.3 Å². The van der Waals surface area contributed by atoms with Gasteiger partial charge in [-0.05, 0) is 182 Å². The highest BCUT2D eigenvalue weighted by Gasteiger charge is 2.46. The van der Waals surface area contributed by atoms with Crippen molar-refractivity contribution < 1.29 is 75.5 Å². The van der Waals surface area contributed by atoms with Gasteiger partial charge < -0.3 is 51.5 Å². The largest absolute Gasteiger partial charge is 0.508 e. The van der Waals surface area contributed by atoms with Crippen molar-refractivity contribution in [1.82, 2.24) is 4.90 Å². The predicted octanol–water partition coefficient (Wildman–Crippen LogP) is 18.6. The fourth-order valence-electron chi connectivity index (χ4n) is 13.4. The van der Waals surface area contributed by atoms with Gasteiger partial charge in [-0.15, -0.1) is 0 Å². The van der Waals surface area contributed by atoms with E-state index in [1.165, 1.54) is 11.0 Å². The third-order valence-electron chi connectivity index (χ3n) is 21.3. The Balaban J connectivity index is 2.64. The van der Waals surface area contributed by atoms with Crippen molar-refractivity contribution >= 4 is 54.9 Å². The first-order valence-electron chi connectivity index (χ1n) is 36.7. The molecular formula is C76H137NO16Si3. The Morgan fingerprint density at radius 3 is 1.84 bits per heavy atom. The maximum Gasteiger partial charge on any atom is 0.508 e. The van der Waals surface area contributed by atoms with Gasteiger partial charge in [-0.3, -0.25) is 14.5 Å². The normalized spacial score (nSPS) is 21.7. The number of Topliss-reactive ketones (excluding diaryl/α,β-unsaturated/α-hetero) is 1. The average Bonchev–Trinajstić information content (AvgIpc) is 0.854. The fourth-order valence-corrected chi connectivity index (χ4v) is 20.6. The van der Waals surface area contributed by atoms with Crippen LogP contribution in [0.25, 0.3) is 0 Å². The maximum absolute atomic E-state index is 15.0. The zero-order valence-electron chi connectivity index (χ0n) is 64.6. The lowest BCUT2D eigenvalue weighted by Gasteiger charge is -2.44. The van der Waals surface area contributed by atoms with Crippen LogP contribution in [0.1, 0.15) is 209 Å². The topological polar surface area (TPSA) is 201 Å². The summed E-state index contributed by atoms with van der Waals surface area (Å²) in [7, 11) is -1.49. The van der Waals surface area contributed by atoms with E-state index < -0.39 is 103 Å². The molecule has 0 spiro atoms. The van der Waals surface area contributed by atoms with Crippen molar-refractivity contribution in [2.45, 2.75) is 323 Å². The second-order valence-electron chi connectivity index (χ2n) is 30.7. The number of aliphatic carboxylic acids is 1. The van der Waals surface area contributed by atoms with Crippen molar-refractivity contribution in [2.75, 3.05) is 34.5 Å². The molecule has 20 heteroatoms. The Hall–Kier alpha value is -3.74. The Morgan fingerprint density at radius 2 is 1.30 bits per heavy atom. The van der Waals surface area contributed by atoms with Crippen LogP contribution in [0.3, 0.4) is 0 Å². The monoisotopic (exact) mass is 1400 g/mol. The van der Waals surface area contributed by atoms with Crippen LogP contribution in [0.5, 0.6) is 0 Å². The highest BCUT2D eigenvalue weighted by atomic mass is 28.4. The van der Waals surface area contributed by atoms with Gasteiger partial charge in [0.2, 0.25) is 0 Å². The number of methoxy groups -OCH3 is 3. The van der Waals surface area contributed by atoms with Crippen molar-refractivity contribution in [1.29, 1.82) is 0 Å². The smallest absolute Gasteiger partial charge is 0.481 e. The number of esters is 1. The Bertz CT molecular complexity index is 2460. The quantitative estimate of drug-likeness (QED) is 0.0198. The van der Waals surface area contributed by atoms with Gasteiger partial charge in [0.15, 0.2) is 30.7 Å². The first-order chi connectivity index (χ1) is 44.9. The van der Waals surface area contributed by atoms with Gasteiger partial charge in [0.1, 0.15) is 36.6 Å². The van der Waals surface area contributed by atoms with Crippen molar-refractivity contribution in [3.8, 4) is 0 Å². The number of likely N-dealkylation sites (tertiary alicyclic amines) is 1. The van der Waals surface area contributed by atoms with E-state index in [1.807, 2.05) is 45.1 Å². The van der Waals surface area contributed by atoms with E-state index in [-0.39, 0.29) is 66.0 Å². The van der Waals surface area contributed by atoms with Gasteiger partial charge in [0, 0.05) is 58.7 Å². The number of allylic oxidation sites excluding steroid dienone is 5. The van der Waals surface area contributed by atoms with E-state index in [0.29, 0.717) is 45.1 Å². The second-order valence-corrected chi connectivity index (χ2v) is 44.9. The Kier molecular flexibility index (Phi) is 39.1. The summed E-state index contributed by atoms with van der Waals surface area (Å²) < 4.78 is 64.1. The summed E-state index contributed by atoms with van der Waals surface area (Å²) in [5, 5.41) is 9.68. The fraction of sp³-hybridized carbons (Fsp3) is 0.803. The van der Waals surface area contributed by atoms with Crippen LogP contribution in [-0.4, -0.2) is 160 Å². The average molecular weight is 1410 g/mol. The van der Waals surface area contributed by atoms with Crippen LogP contribution in [0.2, 0.25) is 54.4 Å². The predicted molar refractivity (Wildman–Crippen MR) is 395 cm³/mol. The Morgan fingerprint density at radius 1 is 0.688 bits per heavy atom. The van der Waals surface area contributed by atoms with Gasteiger partial charge in [0.05, 0.1) is 30.3 Å². The summed E-state index contributed by atoms with van der Waals surface area (Å²) in [5.74, 6) is -2.81. The van der Waals surface area contributed by atoms with Crippen LogP contribution in [0, 0.1) is 35.5 Å². The highest BCUT2D eigenvalue weighted by molar-refractivity contribution is 6.74. The van der Waals surface area contributed by atoms with Crippen molar-refractivity contribution in [3.63, 3.8) is 0 Å². The molecule has 1 aliphatic carbocycles. The third-order valence-corrected chi connectivity index (χ3v) is 35.1. The molecule has 1 amide bonds. The van der Waals surface area contributed by atoms with Crippen molar-refractivity contribution in [3.05, 3.63) is 60.3 Å². The van der Waals surface area contributed by atoms with Gasteiger partial charge in [0.25, 0.3) is 0 Å². The SMILES string of the molecule is C=CCOC(=O)O[C@H](C[C@H](OC(=O)[C@@H]1CCCCN1C(=O)OC(C)(C)C)[C@H](C)C[C@@H]1CC[C@@H](O[Si](C)(C)C(C)(C)C)[C@H](OC)C1)[C@H](C)/C=C(\C)[C@@H](O[Si](CC)(CC)CC)[C@@H](OC)C(=O)[C@H](C)C[C@H](C)/C=C/C=C/C=C(\C)[C@H](C[C@H](CC[C@@H](C)C(=O)O)O[Si](CC)(CC)CC)OC. The second kappa shape index (κ2) is 42.5. The van der Waals surface area contributed by atoms with Gasteiger partial charge in [-0.1, -0.05) is 146 Å². The number of amides is 1. The summed E-state index contributed by atoms with van der Waals surface area (Å²) >= 11 is 0. The number of carbonyl (C=O) groups is 5. The zero-order chi connectivity index (χ0) is 72.9. The minimum absolute atomic E-state index is 0.0278. The molecule has 1 aliphatic heterocycles. The number of carboxylic acids is 1. The molecule has 2 fully saturated rings. The molecule has 0 radical (unpaired) electrons. The lowest BCUT2D eigenvalue weighted by Crippen LogP contribution is -2.51. The molecule has 1 heterocycles. The third kappa shape index (κ3) is 28.7. The number of carbonyl (C=O) groups excluding carboxylic acids is 4. The highest BCUT2D eigenvalue weighted by Crippen LogP contribution is 2.42. The van der Waals surface area contributed by atoms with Crippen LogP contribution >= 0.6 is 0 Å². The number of ketones is 1. The van der Waals surface area contributed by atoms with Crippen molar-refractivity contribution in [2.24, 2.45) is 35.5 Å². The van der Waals surface area contributed by atoms with E-state index in [1.54, 1.807) is 49.0 Å². The first kappa shape index (κ1) is 88.3. The van der Waals surface area contributed by atoms with Crippen LogP contribution in [-0.2, 0) is 60.8 Å². The van der Waals surface area contributed by atoms with Gasteiger partial charge >= 0.3 is 24.2 Å². The zero-order valence-corrected chi connectivity index (χ0v) is 67.6. The molecule has 17 nitrogen and oxygen atoms in total. The van der Waals surface area contributed by atoms with E-state index in [4.69, 9.17) is 46.4 Å². The molecule has 554 valence electrons. The number of ether oxygens (including phenoxy) is 7. The molecule has 1 N–H and O–H groups in total. The van der Waals surface area contributed by atoms with E-state index in [2.05, 4.69) is 115 Å². The number of hydrogen-bond acceptors (Lipinski definition) is 15. The minimum atomic E-state index is -2.44. The molecular weight excluding hydrogens is 1270 g/mol. The lowest BCUT2D eigenvalue weighted by molar-refractivity contribution is -0.162. The molecule has 2 aliphatic rings. The molecule has 1 saturated heterocycles. The lowest BCUT2D eigenvalue weighted by atomic mass is 9.78. The number of carboxylic acid groups (broad SMARTS) is 1. The number of hydrogen-bond donors (Lipinski definition) is 1. The van der Waals surface area contributed by atoms with Gasteiger partial charge in [-0.25, -0.2) is 14.4 Å². The summed E-state index contributed by atoms with van der Waals surface area (Å²) in [4.78, 5) is 70.6. The summed E-state index contributed by atoms with van der Waals surface area (Å²) in [5.41, 5.74) is 1.01. The standard InChI is InChI=1S/C76H137NO16Si3/c1-26-46-87-74(83)89-66(52-65(88-72(81)62-40-36-37-45-77(62)73(82)90-75(15,16)17)57(12)49-60-42-44-63(67(50-60)85-22)92-94(24,25)76(18,19)20)56(11)48-59(14)69(93-96(30-5,31-6)32-7)70(86-23)68(78)58(13)47-53(8)38-34-33-35-39-54(9)64(84-21)51-61(43-41-55(10)71(79)80)91-95(27-2,28-3)29-4/h26,33-35,38-39,48,53,55-58,60-67,69-70H,1,27-32,36-37,40-47,49-52H2,2-25H3,(H,79,80)/b35-33+,38-34+,54-39+,59-48+/t53-,55-,56-,57-,58-,60+,61+,62+,63-,64+,65+,66-,67-,69-,70+/m1/s1. The molecule has 15 atom stereocenters. The summed E-state index contributed by atoms with van der Waals surface area (Å²) in [6.45, 7) is 47.7. The van der Waals surface area contributed by atoms with Crippen LogP contribution in [0.15, 0.2) is 60.3 Å². The van der Waals surface area contributed by atoms with Crippen LogP contribution in [0.4, 0.5) is 9.59 Å². The number of nitrogens with zero attached hydrogens (tertiary/aromatic N) is 1.